The van der Waals surface area contributed by atoms with Gasteiger partial charge in [0.25, 0.3) is 0 Å². The smallest absolute Gasteiger partial charge is 0.309 e. The predicted octanol–water partition coefficient (Wildman–Crippen LogP) is 4.20. The van der Waals surface area contributed by atoms with Gasteiger partial charge < -0.3 is 5.11 Å². The number of benzene rings is 1. The van der Waals surface area contributed by atoms with E-state index in [0.717, 1.165) is 55.0 Å². The molecule has 3 heteroatoms. The highest BCUT2D eigenvalue weighted by molar-refractivity contribution is 5.80. The van der Waals surface area contributed by atoms with Gasteiger partial charge >= 0.3 is 5.97 Å². The highest BCUT2D eigenvalue weighted by Gasteiger charge is 2.38. The summed E-state index contributed by atoms with van der Waals surface area (Å²) in [7, 11) is 0. The summed E-state index contributed by atoms with van der Waals surface area (Å²) in [5.74, 6) is -0.629. The van der Waals surface area contributed by atoms with Crippen molar-refractivity contribution in [1.82, 2.24) is 4.98 Å². The first-order valence-corrected chi connectivity index (χ1v) is 7.77. The molecule has 0 atom stereocenters. The molecule has 21 heavy (non-hydrogen) atoms. The summed E-state index contributed by atoms with van der Waals surface area (Å²) in [6.45, 7) is 0. The Kier molecular flexibility index (Phi) is 3.91. The topological polar surface area (TPSA) is 50.2 Å². The van der Waals surface area contributed by atoms with Crippen molar-refractivity contribution < 1.29 is 9.90 Å². The van der Waals surface area contributed by atoms with Gasteiger partial charge in [-0.1, -0.05) is 37.8 Å². The molecule has 1 saturated carbocycles. The molecule has 0 unspecified atom stereocenters. The minimum Gasteiger partial charge on any atom is -0.481 e. The maximum atomic E-state index is 11.9. The van der Waals surface area contributed by atoms with E-state index in [0.29, 0.717) is 6.42 Å². The SMILES string of the molecule is O=C(O)C1(Cc2ccc3ncccc3c2)CCCCCC1. The van der Waals surface area contributed by atoms with Gasteiger partial charge in [-0.15, -0.1) is 0 Å². The first-order valence-electron chi connectivity index (χ1n) is 7.77. The highest BCUT2D eigenvalue weighted by atomic mass is 16.4. The lowest BCUT2D eigenvalue weighted by Gasteiger charge is -2.28. The van der Waals surface area contributed by atoms with E-state index in [4.69, 9.17) is 0 Å². The molecule has 0 spiro atoms. The van der Waals surface area contributed by atoms with Crippen LogP contribution in [0, 0.1) is 5.41 Å². The first kappa shape index (κ1) is 14.1. The quantitative estimate of drug-likeness (QED) is 0.859. The van der Waals surface area contributed by atoms with Crippen LogP contribution in [0.25, 0.3) is 10.9 Å². The van der Waals surface area contributed by atoms with Gasteiger partial charge in [-0.05, 0) is 43.0 Å². The molecule has 1 heterocycles. The maximum absolute atomic E-state index is 11.9. The zero-order valence-corrected chi connectivity index (χ0v) is 12.2. The predicted molar refractivity (Wildman–Crippen MR) is 83.2 cm³/mol. The van der Waals surface area contributed by atoms with Crippen molar-refractivity contribution in [2.24, 2.45) is 5.41 Å². The van der Waals surface area contributed by atoms with E-state index in [2.05, 4.69) is 11.1 Å². The number of fused-ring (bicyclic) bond motifs is 1. The molecule has 0 amide bonds. The normalized spacial score (nSPS) is 18.3. The fourth-order valence-electron chi connectivity index (χ4n) is 3.50. The van der Waals surface area contributed by atoms with Crippen molar-refractivity contribution in [3.05, 3.63) is 42.1 Å². The summed E-state index contributed by atoms with van der Waals surface area (Å²) < 4.78 is 0. The molecule has 0 aliphatic heterocycles. The third-order valence-electron chi connectivity index (χ3n) is 4.72. The molecular formula is C18H21NO2. The van der Waals surface area contributed by atoms with Crippen LogP contribution in [0.3, 0.4) is 0 Å². The van der Waals surface area contributed by atoms with Crippen LogP contribution in [0.5, 0.6) is 0 Å². The van der Waals surface area contributed by atoms with Gasteiger partial charge in [-0.2, -0.15) is 0 Å². The third-order valence-corrected chi connectivity index (χ3v) is 4.72. The molecule has 1 aliphatic carbocycles. The third kappa shape index (κ3) is 2.92. The summed E-state index contributed by atoms with van der Waals surface area (Å²) >= 11 is 0. The molecule has 1 fully saturated rings. The molecule has 0 radical (unpaired) electrons. The minimum absolute atomic E-state index is 0.577. The Hall–Kier alpha value is -1.90. The van der Waals surface area contributed by atoms with Gasteiger partial charge in [-0.25, -0.2) is 0 Å². The van der Waals surface area contributed by atoms with Gasteiger partial charge in [0.15, 0.2) is 0 Å². The van der Waals surface area contributed by atoms with Gasteiger partial charge in [0, 0.05) is 11.6 Å². The lowest BCUT2D eigenvalue weighted by molar-refractivity contribution is -0.149. The molecule has 1 aliphatic rings. The van der Waals surface area contributed by atoms with Gasteiger partial charge in [0.05, 0.1) is 10.9 Å². The molecule has 0 saturated heterocycles. The summed E-state index contributed by atoms with van der Waals surface area (Å²) in [5, 5.41) is 10.9. The van der Waals surface area contributed by atoms with Crippen LogP contribution in [-0.4, -0.2) is 16.1 Å². The largest absolute Gasteiger partial charge is 0.481 e. The number of carboxylic acids is 1. The van der Waals surface area contributed by atoms with E-state index in [9.17, 15) is 9.90 Å². The molecule has 3 rings (SSSR count). The molecule has 2 aromatic rings. The summed E-state index contributed by atoms with van der Waals surface area (Å²) in [4.78, 5) is 16.2. The van der Waals surface area contributed by atoms with Crippen molar-refractivity contribution in [3.63, 3.8) is 0 Å². The Morgan fingerprint density at radius 2 is 1.90 bits per heavy atom. The van der Waals surface area contributed by atoms with E-state index in [-0.39, 0.29) is 0 Å². The van der Waals surface area contributed by atoms with E-state index in [1.807, 2.05) is 24.3 Å². The van der Waals surface area contributed by atoms with Gasteiger partial charge in [0.1, 0.15) is 0 Å². The average molecular weight is 283 g/mol. The summed E-state index contributed by atoms with van der Waals surface area (Å²) in [5.41, 5.74) is 1.50. The number of pyridine rings is 1. The number of rotatable bonds is 3. The average Bonchev–Trinajstić information content (AvgIpc) is 2.74. The minimum atomic E-state index is -0.629. The van der Waals surface area contributed by atoms with E-state index >= 15 is 0 Å². The Morgan fingerprint density at radius 3 is 2.62 bits per heavy atom. The molecule has 110 valence electrons. The zero-order chi connectivity index (χ0) is 14.7. The molecule has 3 nitrogen and oxygen atoms in total. The van der Waals surface area contributed by atoms with E-state index < -0.39 is 11.4 Å². The van der Waals surface area contributed by atoms with Gasteiger partial charge in [0.2, 0.25) is 0 Å². The number of nitrogens with zero attached hydrogens (tertiary/aromatic N) is 1. The summed E-state index contributed by atoms with van der Waals surface area (Å²) in [6, 6.07) is 10.1. The van der Waals surface area contributed by atoms with Crippen LogP contribution >= 0.6 is 0 Å². The number of aliphatic carboxylic acids is 1. The number of hydrogen-bond acceptors (Lipinski definition) is 2. The molecule has 1 aromatic carbocycles. The molecule has 1 aromatic heterocycles. The molecule has 0 bridgehead atoms. The Balaban J connectivity index is 1.91. The summed E-state index contributed by atoms with van der Waals surface area (Å²) in [6.07, 6.45) is 8.40. The second-order valence-corrected chi connectivity index (χ2v) is 6.21. The van der Waals surface area contributed by atoms with Crippen LogP contribution < -0.4 is 0 Å². The number of hydrogen-bond donors (Lipinski definition) is 1. The van der Waals surface area contributed by atoms with Crippen LogP contribution in [0.15, 0.2) is 36.5 Å². The van der Waals surface area contributed by atoms with Crippen molar-refractivity contribution in [2.45, 2.75) is 44.9 Å². The van der Waals surface area contributed by atoms with Crippen LogP contribution in [0.1, 0.15) is 44.1 Å². The Bertz CT molecular complexity index is 642. The lowest BCUT2D eigenvalue weighted by Crippen LogP contribution is -2.32. The second kappa shape index (κ2) is 5.84. The Labute approximate surface area is 125 Å². The standard InChI is InChI=1S/C18H21NO2/c20-17(21)18(9-3-1-2-4-10-18)13-14-7-8-16-15(12-14)6-5-11-19-16/h5-8,11-12H,1-4,9-10,13H2,(H,20,21). The van der Waals surface area contributed by atoms with E-state index in [1.54, 1.807) is 6.20 Å². The number of carboxylic acid groups (broad SMARTS) is 1. The number of carbonyl (C=O) groups is 1. The van der Waals surface area contributed by atoms with Crippen molar-refractivity contribution in [1.29, 1.82) is 0 Å². The molecule has 1 N–H and O–H groups in total. The lowest BCUT2D eigenvalue weighted by atomic mass is 9.75. The van der Waals surface area contributed by atoms with Crippen LogP contribution in [0.2, 0.25) is 0 Å². The maximum Gasteiger partial charge on any atom is 0.309 e. The monoisotopic (exact) mass is 283 g/mol. The van der Waals surface area contributed by atoms with Gasteiger partial charge in [-0.3, -0.25) is 9.78 Å². The fraction of sp³-hybridized carbons (Fsp3) is 0.444. The van der Waals surface area contributed by atoms with Crippen molar-refractivity contribution >= 4 is 16.9 Å². The van der Waals surface area contributed by atoms with Crippen LogP contribution in [-0.2, 0) is 11.2 Å². The van der Waals surface area contributed by atoms with Crippen molar-refractivity contribution in [2.75, 3.05) is 0 Å². The highest BCUT2D eigenvalue weighted by Crippen LogP contribution is 2.38. The Morgan fingerprint density at radius 1 is 1.14 bits per heavy atom. The van der Waals surface area contributed by atoms with Crippen molar-refractivity contribution in [3.8, 4) is 0 Å². The van der Waals surface area contributed by atoms with Crippen LogP contribution in [0.4, 0.5) is 0 Å². The molecular weight excluding hydrogens is 262 g/mol. The zero-order valence-electron chi connectivity index (χ0n) is 12.2. The first-order chi connectivity index (χ1) is 10.2. The van der Waals surface area contributed by atoms with E-state index in [1.165, 1.54) is 0 Å². The number of aromatic nitrogens is 1. The second-order valence-electron chi connectivity index (χ2n) is 6.21. The fourth-order valence-corrected chi connectivity index (χ4v) is 3.50.